The summed E-state index contributed by atoms with van der Waals surface area (Å²) in [5, 5.41) is 24.7. The first-order valence-electron chi connectivity index (χ1n) is 12.0. The molecule has 0 radical (unpaired) electrons. The van der Waals surface area contributed by atoms with E-state index in [2.05, 4.69) is 10.3 Å². The van der Waals surface area contributed by atoms with Crippen molar-refractivity contribution in [2.75, 3.05) is 5.32 Å². The van der Waals surface area contributed by atoms with Crippen molar-refractivity contribution in [3.8, 4) is 16.9 Å². The van der Waals surface area contributed by atoms with Gasteiger partial charge in [-0.3, -0.25) is 15.1 Å². The molecular formula is C30H22F3N3O3. The number of alkyl halides is 3. The minimum Gasteiger partial charge on any atom is -0.508 e. The highest BCUT2D eigenvalue weighted by Crippen LogP contribution is 2.39. The number of hydrogen-bond donors (Lipinski definition) is 2. The molecule has 0 aliphatic rings. The summed E-state index contributed by atoms with van der Waals surface area (Å²) in [5.74, 6) is -0.0968. The number of fused-ring (bicyclic) bond motifs is 1. The first-order valence-corrected chi connectivity index (χ1v) is 12.0. The second-order valence-electron chi connectivity index (χ2n) is 9.02. The van der Waals surface area contributed by atoms with Gasteiger partial charge in [0.05, 0.1) is 21.6 Å². The molecule has 2 N–H and O–H groups in total. The van der Waals surface area contributed by atoms with Crippen LogP contribution in [0.2, 0.25) is 0 Å². The van der Waals surface area contributed by atoms with E-state index in [4.69, 9.17) is 0 Å². The summed E-state index contributed by atoms with van der Waals surface area (Å²) in [4.78, 5) is 15.1. The van der Waals surface area contributed by atoms with Gasteiger partial charge in [-0.1, -0.05) is 54.6 Å². The Hall–Kier alpha value is -4.92. The van der Waals surface area contributed by atoms with Gasteiger partial charge in [0.1, 0.15) is 5.75 Å². The second kappa shape index (κ2) is 10.4. The van der Waals surface area contributed by atoms with E-state index in [1.165, 1.54) is 30.5 Å². The average molecular weight is 530 g/mol. The van der Waals surface area contributed by atoms with Gasteiger partial charge in [-0.05, 0) is 59.0 Å². The average Bonchev–Trinajstić information content (AvgIpc) is 2.91. The molecular weight excluding hydrogens is 507 g/mol. The van der Waals surface area contributed by atoms with Crippen molar-refractivity contribution in [1.29, 1.82) is 0 Å². The van der Waals surface area contributed by atoms with Crippen molar-refractivity contribution in [2.24, 2.45) is 0 Å². The van der Waals surface area contributed by atoms with Gasteiger partial charge in [0.25, 0.3) is 5.69 Å². The summed E-state index contributed by atoms with van der Waals surface area (Å²) in [6.45, 7) is 0.0559. The molecule has 0 aliphatic carbocycles. The predicted molar refractivity (Wildman–Crippen MR) is 144 cm³/mol. The van der Waals surface area contributed by atoms with E-state index in [1.807, 2.05) is 36.4 Å². The van der Waals surface area contributed by atoms with Crippen LogP contribution in [0.25, 0.3) is 22.0 Å². The molecule has 0 atom stereocenters. The van der Waals surface area contributed by atoms with Crippen LogP contribution in [0, 0.1) is 10.1 Å². The summed E-state index contributed by atoms with van der Waals surface area (Å²) in [7, 11) is 0. The molecule has 6 nitrogen and oxygen atoms in total. The fourth-order valence-corrected chi connectivity index (χ4v) is 4.66. The van der Waals surface area contributed by atoms with Gasteiger partial charge in [-0.15, -0.1) is 0 Å². The number of anilines is 1. The van der Waals surface area contributed by atoms with Gasteiger partial charge < -0.3 is 10.4 Å². The quantitative estimate of drug-likeness (QED) is 0.166. The van der Waals surface area contributed by atoms with E-state index in [1.54, 1.807) is 24.3 Å². The lowest BCUT2D eigenvalue weighted by atomic mass is 9.91. The zero-order valence-electron chi connectivity index (χ0n) is 20.4. The van der Waals surface area contributed by atoms with Gasteiger partial charge >= 0.3 is 6.18 Å². The monoisotopic (exact) mass is 529 g/mol. The fourth-order valence-electron chi connectivity index (χ4n) is 4.66. The number of nitro groups is 1. The summed E-state index contributed by atoms with van der Waals surface area (Å²) < 4.78 is 41.5. The Bertz CT molecular complexity index is 1670. The topological polar surface area (TPSA) is 88.3 Å². The number of hydrogen-bond acceptors (Lipinski definition) is 5. The van der Waals surface area contributed by atoms with E-state index in [9.17, 15) is 28.4 Å². The van der Waals surface area contributed by atoms with Gasteiger partial charge in [-0.25, -0.2) is 0 Å². The molecule has 0 saturated carbocycles. The Kier molecular flexibility index (Phi) is 6.89. The fraction of sp³-hybridized carbons (Fsp3) is 0.100. The van der Waals surface area contributed by atoms with Crippen molar-refractivity contribution < 1.29 is 23.2 Å². The molecule has 1 aromatic heterocycles. The van der Waals surface area contributed by atoms with Crippen LogP contribution in [0.5, 0.6) is 5.75 Å². The lowest BCUT2D eigenvalue weighted by Crippen LogP contribution is -2.07. The van der Waals surface area contributed by atoms with E-state index in [0.29, 0.717) is 34.2 Å². The van der Waals surface area contributed by atoms with Gasteiger partial charge in [0, 0.05) is 29.9 Å². The first kappa shape index (κ1) is 25.7. The molecule has 0 aliphatic heterocycles. The Balaban J connectivity index is 1.59. The molecule has 0 fully saturated rings. The first-order chi connectivity index (χ1) is 18.7. The number of halogens is 3. The summed E-state index contributed by atoms with van der Waals surface area (Å²) in [5.41, 5.74) is 2.85. The number of benzene rings is 4. The number of nitrogens with one attached hydrogen (secondary N) is 1. The molecule has 0 spiro atoms. The molecule has 0 bridgehead atoms. The molecule has 39 heavy (non-hydrogen) atoms. The van der Waals surface area contributed by atoms with Crippen LogP contribution in [0.3, 0.4) is 0 Å². The Morgan fingerprint density at radius 3 is 2.41 bits per heavy atom. The number of nitrogens with zero attached hydrogens (tertiary/aromatic N) is 2. The highest BCUT2D eigenvalue weighted by Gasteiger charge is 2.33. The summed E-state index contributed by atoms with van der Waals surface area (Å²) in [6.07, 6.45) is -2.61. The lowest BCUT2D eigenvalue weighted by Gasteiger charge is -2.17. The third-order valence-corrected chi connectivity index (χ3v) is 6.41. The number of nitro benzene ring substituents is 1. The van der Waals surface area contributed by atoms with Crippen LogP contribution in [-0.4, -0.2) is 15.0 Å². The number of aromatic hydroxyl groups is 1. The maximum atomic E-state index is 13.8. The molecule has 196 valence electrons. The molecule has 0 amide bonds. The summed E-state index contributed by atoms with van der Waals surface area (Å²) >= 11 is 0. The lowest BCUT2D eigenvalue weighted by molar-refractivity contribution is -0.385. The van der Waals surface area contributed by atoms with Crippen LogP contribution in [0.1, 0.15) is 22.3 Å². The molecule has 1 heterocycles. The van der Waals surface area contributed by atoms with Crippen molar-refractivity contribution in [3.63, 3.8) is 0 Å². The smallest absolute Gasteiger partial charge is 0.418 e. The highest BCUT2D eigenvalue weighted by molar-refractivity contribution is 5.98. The minimum atomic E-state index is -4.57. The molecule has 4 aromatic carbocycles. The molecule has 0 unspecified atom stereocenters. The van der Waals surface area contributed by atoms with Crippen LogP contribution in [0.15, 0.2) is 97.2 Å². The maximum Gasteiger partial charge on any atom is 0.418 e. The zero-order chi connectivity index (χ0) is 27.6. The number of rotatable bonds is 7. The van der Waals surface area contributed by atoms with Gasteiger partial charge in [0.15, 0.2) is 0 Å². The zero-order valence-corrected chi connectivity index (χ0v) is 20.4. The van der Waals surface area contributed by atoms with Crippen LogP contribution in [-0.2, 0) is 19.1 Å². The number of pyridine rings is 1. The van der Waals surface area contributed by atoms with Crippen molar-refractivity contribution in [3.05, 3.63) is 130 Å². The molecule has 0 saturated heterocycles. The third kappa shape index (κ3) is 5.52. The van der Waals surface area contributed by atoms with Crippen molar-refractivity contribution in [2.45, 2.75) is 19.1 Å². The van der Waals surface area contributed by atoms with Gasteiger partial charge in [-0.2, -0.15) is 13.2 Å². The Labute approximate surface area is 221 Å². The summed E-state index contributed by atoms with van der Waals surface area (Å²) in [6, 6.07) is 24.6. The standard InChI is InChI=1S/C30H22F3N3O3/c31-30(32,33)26-11-5-10-25-28(22(18-35-29(25)26)14-19-6-2-1-3-7-19)20-8-4-9-23(15-20)34-17-21-16-24(37)12-13-27(21)36(38)39/h1-13,15-16,18,34,37H,14,17H2. The van der Waals surface area contributed by atoms with E-state index in [0.717, 1.165) is 17.2 Å². The third-order valence-electron chi connectivity index (χ3n) is 6.41. The maximum absolute atomic E-state index is 13.8. The minimum absolute atomic E-state index is 0.0559. The largest absolute Gasteiger partial charge is 0.508 e. The van der Waals surface area contributed by atoms with E-state index < -0.39 is 16.7 Å². The number of phenolic OH excluding ortho intramolecular Hbond substituents is 1. The molecule has 5 rings (SSSR count). The molecule has 9 heteroatoms. The van der Waals surface area contributed by atoms with E-state index >= 15 is 0 Å². The number of phenols is 1. The van der Waals surface area contributed by atoms with Crippen molar-refractivity contribution >= 4 is 22.3 Å². The highest BCUT2D eigenvalue weighted by atomic mass is 19.4. The molecule has 5 aromatic rings. The van der Waals surface area contributed by atoms with Crippen LogP contribution >= 0.6 is 0 Å². The second-order valence-corrected chi connectivity index (χ2v) is 9.02. The number of para-hydroxylation sites is 1. The van der Waals surface area contributed by atoms with Crippen LogP contribution < -0.4 is 5.32 Å². The Morgan fingerprint density at radius 2 is 1.67 bits per heavy atom. The number of aromatic nitrogens is 1. The van der Waals surface area contributed by atoms with Crippen LogP contribution in [0.4, 0.5) is 24.5 Å². The predicted octanol–water partition coefficient (Wildman–Crippen LogP) is 7.74. The Morgan fingerprint density at radius 1 is 0.897 bits per heavy atom. The normalized spacial score (nSPS) is 11.5. The van der Waals surface area contributed by atoms with E-state index in [-0.39, 0.29) is 23.5 Å². The SMILES string of the molecule is O=[N+]([O-])c1ccc(O)cc1CNc1cccc(-c2c(Cc3ccccc3)cnc3c(C(F)(F)F)cccc23)c1. The van der Waals surface area contributed by atoms with Gasteiger partial charge in [0.2, 0.25) is 0 Å². The van der Waals surface area contributed by atoms with Crippen molar-refractivity contribution in [1.82, 2.24) is 4.98 Å².